The second-order valence-electron chi connectivity index (χ2n) is 2.50. The molecule has 0 saturated carbocycles. The second kappa shape index (κ2) is 3.91. The molecule has 0 radical (unpaired) electrons. The number of thiol groups is 1. The topological polar surface area (TPSA) is 29.1 Å². The highest BCUT2D eigenvalue weighted by atomic mass is 32.1. The van der Waals surface area contributed by atoms with Gasteiger partial charge in [-0.2, -0.15) is 13.2 Å². The van der Waals surface area contributed by atoms with Crippen LogP contribution in [0.4, 0.5) is 18.9 Å². The Labute approximate surface area is 83.5 Å². The van der Waals surface area contributed by atoms with E-state index < -0.39 is 12.1 Å². The number of carbonyl (C=O) groups excluding carboxylic acids is 1. The predicted octanol–water partition coefficient (Wildman–Crippen LogP) is 2.48. The number of hydrogen-bond donors (Lipinski definition) is 2. The molecule has 76 valence electrons. The van der Waals surface area contributed by atoms with Gasteiger partial charge in [-0.1, -0.05) is 0 Å². The van der Waals surface area contributed by atoms with E-state index in [0.717, 1.165) is 0 Å². The van der Waals surface area contributed by atoms with Crippen LogP contribution in [0, 0.1) is 0 Å². The van der Waals surface area contributed by atoms with Crippen LogP contribution in [0.2, 0.25) is 0 Å². The fourth-order valence-corrected chi connectivity index (χ4v) is 0.896. The summed E-state index contributed by atoms with van der Waals surface area (Å²) in [5.74, 6) is -1.98. The molecule has 0 unspecified atom stereocenters. The molecule has 0 heterocycles. The summed E-state index contributed by atoms with van der Waals surface area (Å²) in [6.45, 7) is 0. The normalized spacial score (nSPS) is 11.1. The monoisotopic (exact) mass is 221 g/mol. The zero-order valence-electron chi connectivity index (χ0n) is 6.80. The van der Waals surface area contributed by atoms with Gasteiger partial charge in [0.2, 0.25) is 0 Å². The van der Waals surface area contributed by atoms with E-state index in [4.69, 9.17) is 0 Å². The summed E-state index contributed by atoms with van der Waals surface area (Å²) in [6.07, 6.45) is -4.86. The fourth-order valence-electron chi connectivity index (χ4n) is 0.747. The van der Waals surface area contributed by atoms with Crippen molar-refractivity contribution in [3.05, 3.63) is 24.3 Å². The smallest absolute Gasteiger partial charge is 0.318 e. The zero-order chi connectivity index (χ0) is 10.8. The van der Waals surface area contributed by atoms with Crippen molar-refractivity contribution in [1.82, 2.24) is 0 Å². The molecular formula is C8H6F3NOS. The number of carbonyl (C=O) groups is 1. The molecule has 1 N–H and O–H groups in total. The molecule has 14 heavy (non-hydrogen) atoms. The second-order valence-corrected chi connectivity index (χ2v) is 3.02. The van der Waals surface area contributed by atoms with Crippen LogP contribution in [-0.2, 0) is 4.79 Å². The van der Waals surface area contributed by atoms with Gasteiger partial charge in [0.15, 0.2) is 0 Å². The van der Waals surface area contributed by atoms with Gasteiger partial charge in [0, 0.05) is 10.6 Å². The number of benzene rings is 1. The molecule has 0 aromatic heterocycles. The third-order valence-corrected chi connectivity index (χ3v) is 1.68. The van der Waals surface area contributed by atoms with Crippen LogP contribution in [0.15, 0.2) is 29.2 Å². The van der Waals surface area contributed by atoms with Crippen LogP contribution in [0.3, 0.4) is 0 Å². The molecule has 0 spiro atoms. The minimum atomic E-state index is -4.86. The van der Waals surface area contributed by atoms with Gasteiger partial charge in [0.05, 0.1) is 0 Å². The van der Waals surface area contributed by atoms with Crippen molar-refractivity contribution in [3.63, 3.8) is 0 Å². The minimum absolute atomic E-state index is 0.0881. The van der Waals surface area contributed by atoms with Crippen molar-refractivity contribution < 1.29 is 18.0 Å². The van der Waals surface area contributed by atoms with Crippen LogP contribution >= 0.6 is 12.6 Å². The summed E-state index contributed by atoms with van der Waals surface area (Å²) in [6, 6.07) is 5.64. The Morgan fingerprint density at radius 2 is 1.71 bits per heavy atom. The Hall–Kier alpha value is -1.17. The Bertz CT molecular complexity index is 333. The van der Waals surface area contributed by atoms with Gasteiger partial charge >= 0.3 is 12.1 Å². The van der Waals surface area contributed by atoms with Gasteiger partial charge in [-0.15, -0.1) is 12.6 Å². The van der Waals surface area contributed by atoms with Gasteiger partial charge in [-0.25, -0.2) is 0 Å². The average Bonchev–Trinajstić information content (AvgIpc) is 2.07. The van der Waals surface area contributed by atoms with E-state index >= 15 is 0 Å². The molecule has 0 fully saturated rings. The number of nitrogens with one attached hydrogen (secondary N) is 1. The number of alkyl halides is 3. The molecule has 6 heteroatoms. The number of halogens is 3. The Balaban J connectivity index is 2.71. The van der Waals surface area contributed by atoms with E-state index in [1.165, 1.54) is 24.3 Å². The van der Waals surface area contributed by atoms with E-state index in [1.807, 2.05) is 0 Å². The Morgan fingerprint density at radius 3 is 2.14 bits per heavy atom. The van der Waals surface area contributed by atoms with Crippen molar-refractivity contribution in [2.24, 2.45) is 0 Å². The van der Waals surface area contributed by atoms with Gasteiger partial charge < -0.3 is 5.32 Å². The molecule has 0 aliphatic heterocycles. The van der Waals surface area contributed by atoms with Crippen LogP contribution < -0.4 is 5.32 Å². The zero-order valence-corrected chi connectivity index (χ0v) is 7.69. The Morgan fingerprint density at radius 1 is 1.21 bits per heavy atom. The molecule has 1 amide bonds. The molecule has 0 saturated heterocycles. The van der Waals surface area contributed by atoms with Crippen molar-refractivity contribution in [2.45, 2.75) is 11.1 Å². The fraction of sp³-hybridized carbons (Fsp3) is 0.125. The van der Waals surface area contributed by atoms with E-state index in [2.05, 4.69) is 12.6 Å². The molecule has 0 aliphatic carbocycles. The summed E-state index contributed by atoms with van der Waals surface area (Å²) in [5.41, 5.74) is 0.0881. The predicted molar refractivity (Wildman–Crippen MR) is 48.4 cm³/mol. The summed E-state index contributed by atoms with van der Waals surface area (Å²) in [5, 5.41) is 1.71. The lowest BCUT2D eigenvalue weighted by Gasteiger charge is -2.07. The van der Waals surface area contributed by atoms with Crippen LogP contribution in [0.5, 0.6) is 0 Å². The summed E-state index contributed by atoms with van der Waals surface area (Å²) in [7, 11) is 0. The average molecular weight is 221 g/mol. The maximum absolute atomic E-state index is 11.8. The van der Waals surface area contributed by atoms with Gasteiger partial charge in [0.25, 0.3) is 0 Å². The highest BCUT2D eigenvalue weighted by Crippen LogP contribution is 2.18. The van der Waals surface area contributed by atoms with E-state index in [-0.39, 0.29) is 5.69 Å². The number of anilines is 1. The van der Waals surface area contributed by atoms with E-state index in [0.29, 0.717) is 4.90 Å². The van der Waals surface area contributed by atoms with Crippen molar-refractivity contribution in [2.75, 3.05) is 5.32 Å². The highest BCUT2D eigenvalue weighted by Gasteiger charge is 2.38. The molecule has 0 atom stereocenters. The Kier molecular flexibility index (Phi) is 3.05. The van der Waals surface area contributed by atoms with Crippen molar-refractivity contribution in [3.8, 4) is 0 Å². The van der Waals surface area contributed by atoms with E-state index in [1.54, 1.807) is 5.32 Å². The van der Waals surface area contributed by atoms with Crippen molar-refractivity contribution in [1.29, 1.82) is 0 Å². The first-order valence-corrected chi connectivity index (χ1v) is 4.01. The molecule has 0 aliphatic rings. The lowest BCUT2D eigenvalue weighted by molar-refractivity contribution is -0.167. The molecular weight excluding hydrogens is 215 g/mol. The standard InChI is InChI=1S/C8H6F3NOS/c9-8(10,11)7(13)12-5-1-3-6(14)4-2-5/h1-4,14H,(H,12,13). The number of amides is 1. The maximum atomic E-state index is 11.8. The highest BCUT2D eigenvalue weighted by molar-refractivity contribution is 7.80. The molecule has 2 nitrogen and oxygen atoms in total. The van der Waals surface area contributed by atoms with E-state index in [9.17, 15) is 18.0 Å². The largest absolute Gasteiger partial charge is 0.471 e. The van der Waals surface area contributed by atoms with Gasteiger partial charge in [-0.05, 0) is 24.3 Å². The van der Waals surface area contributed by atoms with Gasteiger partial charge in [0.1, 0.15) is 0 Å². The molecule has 0 bridgehead atoms. The first-order valence-electron chi connectivity index (χ1n) is 3.57. The quantitative estimate of drug-likeness (QED) is 0.701. The third kappa shape index (κ3) is 2.95. The number of hydrogen-bond acceptors (Lipinski definition) is 2. The number of rotatable bonds is 1. The minimum Gasteiger partial charge on any atom is -0.318 e. The van der Waals surface area contributed by atoms with Crippen LogP contribution in [0.25, 0.3) is 0 Å². The summed E-state index contributed by atoms with van der Waals surface area (Å²) >= 11 is 3.94. The van der Waals surface area contributed by atoms with Crippen LogP contribution in [0.1, 0.15) is 0 Å². The first-order chi connectivity index (χ1) is 6.39. The SMILES string of the molecule is O=C(Nc1ccc(S)cc1)C(F)(F)F. The van der Waals surface area contributed by atoms with Crippen LogP contribution in [-0.4, -0.2) is 12.1 Å². The first kappa shape index (κ1) is 10.9. The maximum Gasteiger partial charge on any atom is 0.471 e. The molecule has 1 aromatic carbocycles. The van der Waals surface area contributed by atoms with Crippen molar-refractivity contribution >= 4 is 24.2 Å². The summed E-state index contributed by atoms with van der Waals surface area (Å²) < 4.78 is 35.4. The third-order valence-electron chi connectivity index (χ3n) is 1.38. The lowest BCUT2D eigenvalue weighted by Crippen LogP contribution is -2.29. The molecule has 1 rings (SSSR count). The summed E-state index contributed by atoms with van der Waals surface area (Å²) in [4.78, 5) is 11.1. The lowest BCUT2D eigenvalue weighted by atomic mass is 10.3. The van der Waals surface area contributed by atoms with Gasteiger partial charge in [-0.3, -0.25) is 4.79 Å². The molecule has 1 aromatic rings.